The number of benzene rings is 1. The fourth-order valence-electron chi connectivity index (χ4n) is 2.49. The molecule has 2 rings (SSSR count). The topological polar surface area (TPSA) is 217 Å². The van der Waals surface area contributed by atoms with Gasteiger partial charge in [0.15, 0.2) is 0 Å². The van der Waals surface area contributed by atoms with Crippen LogP contribution in [0.3, 0.4) is 0 Å². The normalized spacial score (nSPS) is 11.9. The Morgan fingerprint density at radius 1 is 1.06 bits per heavy atom. The summed E-state index contributed by atoms with van der Waals surface area (Å²) in [6.45, 7) is 4.15. The number of carbonyl (C=O) groups is 2. The zero-order valence-corrected chi connectivity index (χ0v) is 19.5. The van der Waals surface area contributed by atoms with Crippen molar-refractivity contribution in [3.8, 4) is 5.75 Å². The lowest BCUT2D eigenvalue weighted by atomic mass is 10.1. The van der Waals surface area contributed by atoms with Crippen molar-refractivity contribution in [2.45, 2.75) is 45.4 Å². The molecule has 0 aliphatic heterocycles. The average Bonchev–Trinajstić information content (AvgIpc) is 2.78. The molecule has 12 heteroatoms. The van der Waals surface area contributed by atoms with Crippen LogP contribution in [0.2, 0.25) is 0 Å². The molecule has 0 spiro atoms. The molecule has 2 aromatic rings. The molecule has 2 unspecified atom stereocenters. The average molecular weight is 478 g/mol. The molecule has 0 saturated carbocycles. The fourth-order valence-corrected chi connectivity index (χ4v) is 2.49. The minimum atomic E-state index is -0.760. The van der Waals surface area contributed by atoms with Gasteiger partial charge in [0.1, 0.15) is 17.4 Å². The zero-order valence-electron chi connectivity index (χ0n) is 19.5. The summed E-state index contributed by atoms with van der Waals surface area (Å²) in [6, 6.07) is 9.56. The Morgan fingerprint density at radius 2 is 1.76 bits per heavy atom. The standard InChI is InChI=1S/C11H20N6O.C11H15NO4/c12-6-2-1-3-8(14)11(18)17-9-5-4-7(13)10(15)16-9;1-3-14-11(13)16-8(2)15-10-7-5-4-6-9(10)12/h4-5,8H,1-3,6,12-14H2,(H3,15,16,17,18);4-8H,3,12H2,1-2H3. The van der Waals surface area contributed by atoms with E-state index < -0.39 is 18.5 Å². The summed E-state index contributed by atoms with van der Waals surface area (Å²) in [7, 11) is 0. The van der Waals surface area contributed by atoms with E-state index in [0.29, 0.717) is 35.9 Å². The van der Waals surface area contributed by atoms with E-state index in [9.17, 15) is 9.59 Å². The number of hydrogen-bond donors (Lipinski definition) is 6. The van der Waals surface area contributed by atoms with Crippen LogP contribution in [-0.2, 0) is 14.3 Å². The van der Waals surface area contributed by atoms with E-state index in [0.717, 1.165) is 12.8 Å². The highest BCUT2D eigenvalue weighted by Gasteiger charge is 2.14. The maximum atomic E-state index is 11.7. The summed E-state index contributed by atoms with van der Waals surface area (Å²) in [5, 5.41) is 2.59. The molecule has 0 saturated heterocycles. The second-order valence-electron chi connectivity index (χ2n) is 7.08. The van der Waals surface area contributed by atoms with E-state index in [2.05, 4.69) is 15.0 Å². The monoisotopic (exact) mass is 477 g/mol. The van der Waals surface area contributed by atoms with E-state index in [-0.39, 0.29) is 18.3 Å². The molecule has 1 aromatic carbocycles. The summed E-state index contributed by atoms with van der Waals surface area (Å²) < 4.78 is 14.7. The second-order valence-corrected chi connectivity index (χ2v) is 7.08. The Bertz CT molecular complexity index is 913. The van der Waals surface area contributed by atoms with Gasteiger partial charge in [0, 0.05) is 6.92 Å². The molecule has 2 atom stereocenters. The van der Waals surface area contributed by atoms with Gasteiger partial charge in [0.05, 0.1) is 24.0 Å². The predicted octanol–water partition coefficient (Wildman–Crippen LogP) is 1.81. The van der Waals surface area contributed by atoms with Gasteiger partial charge < -0.3 is 48.2 Å². The number of ether oxygens (including phenoxy) is 3. The number of carbonyl (C=O) groups excluding carboxylic acids is 2. The van der Waals surface area contributed by atoms with E-state index in [1.807, 2.05) is 0 Å². The lowest BCUT2D eigenvalue weighted by molar-refractivity contribution is -0.117. The van der Waals surface area contributed by atoms with Crippen LogP contribution in [0.5, 0.6) is 5.75 Å². The second kappa shape index (κ2) is 15.1. The SMILES string of the molecule is CCOC(=O)OC(C)Oc1ccccc1N.NCCCCC(N)C(=O)Nc1ccc(N)c(N)n1. The summed E-state index contributed by atoms with van der Waals surface area (Å²) in [6.07, 6.45) is 0.762. The highest BCUT2D eigenvalue weighted by molar-refractivity contribution is 5.94. The number of nitrogen functional groups attached to an aromatic ring is 3. The number of hydrogen-bond acceptors (Lipinski definition) is 11. The van der Waals surface area contributed by atoms with Crippen LogP contribution in [0.4, 0.5) is 27.8 Å². The van der Waals surface area contributed by atoms with E-state index >= 15 is 0 Å². The van der Waals surface area contributed by atoms with Crippen molar-refractivity contribution in [2.24, 2.45) is 11.5 Å². The lowest BCUT2D eigenvalue weighted by Gasteiger charge is -2.15. The molecule has 12 nitrogen and oxygen atoms in total. The van der Waals surface area contributed by atoms with Crippen molar-refractivity contribution in [2.75, 3.05) is 35.7 Å². The molecule has 0 radical (unpaired) electrons. The van der Waals surface area contributed by atoms with Crippen molar-refractivity contribution in [1.29, 1.82) is 0 Å². The molecule has 0 aliphatic carbocycles. The van der Waals surface area contributed by atoms with Crippen LogP contribution in [0, 0.1) is 0 Å². The van der Waals surface area contributed by atoms with Gasteiger partial charge in [0.2, 0.25) is 12.2 Å². The van der Waals surface area contributed by atoms with Gasteiger partial charge in [0.25, 0.3) is 0 Å². The summed E-state index contributed by atoms with van der Waals surface area (Å²) in [5.74, 6) is 0.716. The maximum absolute atomic E-state index is 11.7. The summed E-state index contributed by atoms with van der Waals surface area (Å²) in [5.41, 5.74) is 28.7. The van der Waals surface area contributed by atoms with Crippen LogP contribution in [0.1, 0.15) is 33.1 Å². The Balaban J connectivity index is 0.000000342. The van der Waals surface area contributed by atoms with Crippen LogP contribution >= 0.6 is 0 Å². The Labute approximate surface area is 199 Å². The maximum Gasteiger partial charge on any atom is 0.511 e. The molecule has 0 bridgehead atoms. The molecule has 1 heterocycles. The molecule has 0 aliphatic rings. The van der Waals surface area contributed by atoms with Crippen LogP contribution in [-0.4, -0.2) is 42.5 Å². The number of pyridine rings is 1. The number of para-hydroxylation sites is 2. The number of aromatic nitrogens is 1. The van der Waals surface area contributed by atoms with Crippen molar-refractivity contribution in [1.82, 2.24) is 4.98 Å². The number of nitrogens with zero attached hydrogens (tertiary/aromatic N) is 1. The first-order valence-electron chi connectivity index (χ1n) is 10.8. The number of unbranched alkanes of at least 4 members (excludes halogenated alkanes) is 1. The van der Waals surface area contributed by atoms with Gasteiger partial charge in [-0.2, -0.15) is 0 Å². The fraction of sp³-hybridized carbons (Fsp3) is 0.409. The smallest absolute Gasteiger partial charge is 0.453 e. The molecule has 188 valence electrons. The molecular weight excluding hydrogens is 442 g/mol. The van der Waals surface area contributed by atoms with Crippen LogP contribution in [0.15, 0.2) is 36.4 Å². The molecule has 1 amide bonds. The highest BCUT2D eigenvalue weighted by Crippen LogP contribution is 2.21. The van der Waals surface area contributed by atoms with E-state index in [4.69, 9.17) is 38.1 Å². The van der Waals surface area contributed by atoms with Crippen molar-refractivity contribution in [3.63, 3.8) is 0 Å². The van der Waals surface area contributed by atoms with Gasteiger partial charge in [-0.1, -0.05) is 18.6 Å². The van der Waals surface area contributed by atoms with Crippen molar-refractivity contribution < 1.29 is 23.8 Å². The highest BCUT2D eigenvalue weighted by atomic mass is 16.8. The first-order valence-corrected chi connectivity index (χ1v) is 10.8. The van der Waals surface area contributed by atoms with Gasteiger partial charge in [-0.05, 0) is 50.6 Å². The van der Waals surface area contributed by atoms with E-state index in [1.54, 1.807) is 50.2 Å². The molecule has 34 heavy (non-hydrogen) atoms. The minimum absolute atomic E-state index is 0.185. The Morgan fingerprint density at radius 3 is 2.38 bits per heavy atom. The van der Waals surface area contributed by atoms with Gasteiger partial charge >= 0.3 is 6.16 Å². The van der Waals surface area contributed by atoms with Crippen molar-refractivity contribution >= 4 is 35.1 Å². The minimum Gasteiger partial charge on any atom is -0.453 e. The third-order valence-electron chi connectivity index (χ3n) is 4.25. The van der Waals surface area contributed by atoms with Crippen LogP contribution < -0.4 is 38.7 Å². The summed E-state index contributed by atoms with van der Waals surface area (Å²) >= 11 is 0. The Hall–Kier alpha value is -3.77. The lowest BCUT2D eigenvalue weighted by Crippen LogP contribution is -2.35. The Kier molecular flexibility index (Phi) is 12.6. The number of anilines is 4. The zero-order chi connectivity index (χ0) is 25.5. The van der Waals surface area contributed by atoms with Gasteiger partial charge in [-0.3, -0.25) is 4.79 Å². The number of nitrogens with two attached hydrogens (primary N) is 5. The first kappa shape index (κ1) is 28.3. The van der Waals surface area contributed by atoms with Crippen molar-refractivity contribution in [3.05, 3.63) is 36.4 Å². The number of rotatable bonds is 10. The molecule has 0 fully saturated rings. The largest absolute Gasteiger partial charge is 0.511 e. The third kappa shape index (κ3) is 10.7. The third-order valence-corrected chi connectivity index (χ3v) is 4.25. The number of amides is 1. The summed E-state index contributed by atoms with van der Waals surface area (Å²) in [4.78, 5) is 26.6. The molecule has 11 N–H and O–H groups in total. The first-order chi connectivity index (χ1) is 16.2. The molecular formula is C22H35N7O5. The number of nitrogens with one attached hydrogen (secondary N) is 1. The van der Waals surface area contributed by atoms with E-state index in [1.165, 1.54) is 0 Å². The molecule has 1 aromatic heterocycles. The van der Waals surface area contributed by atoms with Gasteiger partial charge in [-0.25, -0.2) is 9.78 Å². The van der Waals surface area contributed by atoms with Crippen LogP contribution in [0.25, 0.3) is 0 Å². The quantitative estimate of drug-likeness (QED) is 0.125. The predicted molar refractivity (Wildman–Crippen MR) is 132 cm³/mol. The van der Waals surface area contributed by atoms with Gasteiger partial charge in [-0.15, -0.1) is 0 Å².